The maximum atomic E-state index is 13.9. The van der Waals surface area contributed by atoms with Crippen LogP contribution in [-0.4, -0.2) is 24.3 Å². The summed E-state index contributed by atoms with van der Waals surface area (Å²) in [7, 11) is -2.14. The van der Waals surface area contributed by atoms with E-state index in [0.29, 0.717) is 35.0 Å². The Morgan fingerprint density at radius 2 is 0.895 bits per heavy atom. The zero-order valence-electron chi connectivity index (χ0n) is 33.4. The van der Waals surface area contributed by atoms with Crippen LogP contribution in [0.3, 0.4) is 0 Å². The van der Waals surface area contributed by atoms with Crippen LogP contribution in [0.2, 0.25) is 5.02 Å². The second kappa shape index (κ2) is 20.4. The molecular weight excluding hydrogens is 739 g/mol. The largest absolute Gasteiger partial charge is 0.289 e. The van der Waals surface area contributed by atoms with Crippen molar-refractivity contribution in [3.63, 3.8) is 0 Å². The molecule has 0 radical (unpaired) electrons. The molecule has 0 saturated heterocycles. The first kappa shape index (κ1) is 40.9. The van der Waals surface area contributed by atoms with E-state index in [2.05, 4.69) is 103 Å². The summed E-state index contributed by atoms with van der Waals surface area (Å²) in [5.41, 5.74) is 2.90. The molecule has 0 amide bonds. The van der Waals surface area contributed by atoms with Gasteiger partial charge in [0.2, 0.25) is 5.78 Å². The summed E-state index contributed by atoms with van der Waals surface area (Å²) in [6.07, 6.45) is 16.9. The zero-order chi connectivity index (χ0) is 39.3. The monoisotopic (exact) mass is 796 g/mol. The van der Waals surface area contributed by atoms with Gasteiger partial charge in [-0.1, -0.05) is 48.0 Å². The summed E-state index contributed by atoms with van der Waals surface area (Å²) < 4.78 is 6.30. The summed E-state index contributed by atoms with van der Waals surface area (Å²) >= 11 is 6.14. The number of fused-ring (bicyclic) bond motifs is 1. The Bertz CT molecular complexity index is 1970. The molecule has 2 aliphatic rings. The standard InChI is InChI=1S/C52H58ClO3P/c53-43-36-34-41(35-37-43)40-30-32-42(33-31-40)49-50(54)47-28-18-19-29-48(47)51(55)52(49)56-38-20-7-5-3-1-2-4-6-8-21-39-57(44-22-12-9-13-23-44,45-24-14-10-15-25-45)46-26-16-11-17-27-46/h9-19,22-29,34-37,40,42,57H,1-8,20-21,30-33,38-39H2. The molecule has 0 unspecified atom stereocenters. The van der Waals surface area contributed by atoms with Crippen molar-refractivity contribution in [1.82, 2.24) is 0 Å². The number of ketones is 2. The van der Waals surface area contributed by atoms with Gasteiger partial charge in [-0.15, -0.1) is 0 Å². The quantitative estimate of drug-likeness (QED) is 0.0617. The van der Waals surface area contributed by atoms with Gasteiger partial charge in [0, 0.05) is 21.7 Å². The van der Waals surface area contributed by atoms with Crippen molar-refractivity contribution in [2.45, 2.75) is 95.8 Å². The van der Waals surface area contributed by atoms with Crippen LogP contribution in [0.1, 0.15) is 122 Å². The van der Waals surface area contributed by atoms with Gasteiger partial charge in [-0.05, 0) is 55.2 Å². The number of allylic oxidation sites excluding steroid dienone is 2. The number of carbonyl (C=O) groups is 2. The summed E-state index contributed by atoms with van der Waals surface area (Å²) in [6, 6.07) is 49.2. The Morgan fingerprint density at radius 3 is 1.40 bits per heavy atom. The van der Waals surface area contributed by atoms with Crippen LogP contribution < -0.4 is 15.9 Å². The van der Waals surface area contributed by atoms with E-state index in [9.17, 15) is 9.59 Å². The second-order valence-corrected chi connectivity index (χ2v) is 20.7. The number of ether oxygens (including phenoxy) is 1. The Balaban J connectivity index is 0.847. The minimum absolute atomic E-state index is 0.0277. The third-order valence-electron chi connectivity index (χ3n) is 12.6. The molecule has 2 aliphatic carbocycles. The van der Waals surface area contributed by atoms with Gasteiger partial charge < -0.3 is 4.74 Å². The molecule has 5 aromatic carbocycles. The van der Waals surface area contributed by atoms with Gasteiger partial charge in [-0.3, -0.25) is 9.59 Å². The maximum absolute atomic E-state index is 13.9. The van der Waals surface area contributed by atoms with Gasteiger partial charge >= 0.3 is 191 Å². The number of Topliss-reactive ketones (excluding diaryl/α,β-unsaturated/α-hetero) is 2. The van der Waals surface area contributed by atoms with Crippen molar-refractivity contribution < 1.29 is 14.3 Å². The van der Waals surface area contributed by atoms with E-state index in [4.69, 9.17) is 16.3 Å². The van der Waals surface area contributed by atoms with E-state index >= 15 is 0 Å². The fourth-order valence-corrected chi connectivity index (χ4v) is 14.6. The molecule has 0 aliphatic heterocycles. The fourth-order valence-electron chi connectivity index (χ4n) is 9.52. The Hall–Kier alpha value is -4.30. The number of carbonyl (C=O) groups excluding carboxylic acids is 2. The fraction of sp³-hybridized carbons (Fsp3) is 0.346. The van der Waals surface area contributed by atoms with E-state index in [1.165, 1.54) is 79.0 Å². The predicted molar refractivity (Wildman–Crippen MR) is 242 cm³/mol. The van der Waals surface area contributed by atoms with Crippen LogP contribution >= 0.6 is 18.9 Å². The third kappa shape index (κ3) is 9.88. The molecule has 0 N–H and O–H groups in total. The smallest absolute Gasteiger partial charge is 0.193 e. The van der Waals surface area contributed by atoms with Gasteiger partial charge in [0.25, 0.3) is 0 Å². The molecule has 0 heterocycles. The second-order valence-electron chi connectivity index (χ2n) is 16.2. The van der Waals surface area contributed by atoms with Crippen LogP contribution in [0.5, 0.6) is 0 Å². The normalized spacial score (nSPS) is 17.4. The van der Waals surface area contributed by atoms with E-state index in [-0.39, 0.29) is 17.5 Å². The molecule has 296 valence electrons. The third-order valence-corrected chi connectivity index (χ3v) is 17.9. The van der Waals surface area contributed by atoms with Gasteiger partial charge in [-0.25, -0.2) is 0 Å². The maximum Gasteiger partial charge on any atom is 0.193 e. The Labute approximate surface area is 346 Å². The molecule has 1 fully saturated rings. The summed E-state index contributed by atoms with van der Waals surface area (Å²) in [5, 5.41) is 5.25. The molecule has 0 bridgehead atoms. The van der Waals surface area contributed by atoms with Crippen molar-refractivity contribution in [1.29, 1.82) is 0 Å². The minimum atomic E-state index is -2.14. The van der Waals surface area contributed by atoms with Crippen LogP contribution in [0.4, 0.5) is 0 Å². The van der Waals surface area contributed by atoms with Crippen molar-refractivity contribution >= 4 is 46.3 Å². The van der Waals surface area contributed by atoms with Crippen LogP contribution in [0.15, 0.2) is 151 Å². The van der Waals surface area contributed by atoms with Gasteiger partial charge in [0.15, 0.2) is 11.5 Å². The molecule has 57 heavy (non-hydrogen) atoms. The van der Waals surface area contributed by atoms with Crippen molar-refractivity contribution in [3.8, 4) is 0 Å². The molecule has 0 spiro atoms. The molecule has 7 rings (SSSR count). The first-order chi connectivity index (χ1) is 28.1. The average molecular weight is 797 g/mol. The summed E-state index contributed by atoms with van der Waals surface area (Å²) in [4.78, 5) is 27.7. The van der Waals surface area contributed by atoms with Crippen LogP contribution in [0, 0.1) is 5.92 Å². The number of unbranched alkanes of at least 4 members (excludes halogenated alkanes) is 9. The van der Waals surface area contributed by atoms with Gasteiger partial charge in [0.1, 0.15) is 0 Å². The Kier molecular flexibility index (Phi) is 14.6. The SMILES string of the molecule is O=C1C(OCCCCCCCCCCCC[PH](c2ccccc2)(c2ccccc2)c2ccccc2)=C(C2CCC(c3ccc(Cl)cc3)CC2)C(=O)c2ccccc21. The van der Waals surface area contributed by atoms with Crippen LogP contribution in [-0.2, 0) is 4.74 Å². The molecule has 1 saturated carbocycles. The molecule has 5 heteroatoms. The van der Waals surface area contributed by atoms with E-state index < -0.39 is 7.26 Å². The molecule has 3 nitrogen and oxygen atoms in total. The van der Waals surface area contributed by atoms with E-state index in [1.807, 2.05) is 24.3 Å². The topological polar surface area (TPSA) is 43.4 Å². The molecular formula is C52H58ClO3P. The zero-order valence-corrected chi connectivity index (χ0v) is 35.1. The minimum Gasteiger partial charge on any atom is -0.289 e. The molecule has 5 aromatic rings. The number of hydrogen-bond donors (Lipinski definition) is 0. The number of halogens is 1. The number of hydrogen-bond acceptors (Lipinski definition) is 3. The van der Waals surface area contributed by atoms with Gasteiger partial charge in [-0.2, -0.15) is 0 Å². The predicted octanol–water partition coefficient (Wildman–Crippen LogP) is 12.6. The van der Waals surface area contributed by atoms with Crippen molar-refractivity contribution in [2.24, 2.45) is 5.92 Å². The first-order valence-corrected chi connectivity index (χ1v) is 24.1. The van der Waals surface area contributed by atoms with Crippen molar-refractivity contribution in [2.75, 3.05) is 12.8 Å². The van der Waals surface area contributed by atoms with E-state index in [0.717, 1.165) is 43.5 Å². The van der Waals surface area contributed by atoms with Crippen molar-refractivity contribution in [3.05, 3.63) is 173 Å². The molecule has 0 aromatic heterocycles. The number of rotatable bonds is 19. The van der Waals surface area contributed by atoms with Gasteiger partial charge in [0.05, 0.1) is 0 Å². The molecule has 0 atom stereocenters. The summed E-state index contributed by atoms with van der Waals surface area (Å²) in [5.74, 6) is 0.629. The first-order valence-electron chi connectivity index (χ1n) is 21.5. The Morgan fingerprint density at radius 1 is 0.474 bits per heavy atom. The summed E-state index contributed by atoms with van der Waals surface area (Å²) in [6.45, 7) is 0.472. The van der Waals surface area contributed by atoms with E-state index in [1.54, 1.807) is 12.1 Å². The number of benzene rings is 5. The van der Waals surface area contributed by atoms with Crippen LogP contribution in [0.25, 0.3) is 0 Å². The average Bonchev–Trinajstić information content (AvgIpc) is 3.27.